The fourth-order valence-electron chi connectivity index (χ4n) is 2.28. The molecule has 2 aromatic carbocycles. The Balaban J connectivity index is 2.20. The molecule has 0 radical (unpaired) electrons. The predicted molar refractivity (Wildman–Crippen MR) is 72.9 cm³/mol. The summed E-state index contributed by atoms with van der Waals surface area (Å²) >= 11 is 0. The lowest BCUT2D eigenvalue weighted by Crippen LogP contribution is -1.94. The van der Waals surface area contributed by atoms with Crippen LogP contribution < -0.4 is 0 Å². The van der Waals surface area contributed by atoms with Crippen molar-refractivity contribution in [3.05, 3.63) is 68.4 Å². The zero-order valence-electron chi connectivity index (χ0n) is 10.1. The number of ketones is 1. The maximum atomic E-state index is 12.3. The largest absolute Gasteiger partial charge is 0.289 e. The van der Waals surface area contributed by atoms with Crippen molar-refractivity contribution < 1.29 is 4.79 Å². The average molecular weight is 262 g/mol. The van der Waals surface area contributed by atoms with Crippen molar-refractivity contribution in [1.82, 2.24) is 0 Å². The number of hydrogen-bond donors (Lipinski definition) is 0. The first-order valence-electron chi connectivity index (χ1n) is 5.68. The summed E-state index contributed by atoms with van der Waals surface area (Å²) in [6.07, 6.45) is 0. The van der Waals surface area contributed by atoms with Crippen LogP contribution >= 0.6 is 0 Å². The van der Waals surface area contributed by atoms with E-state index < -0.39 is 0 Å². The van der Waals surface area contributed by atoms with Gasteiger partial charge in [0.05, 0.1) is 0 Å². The van der Waals surface area contributed by atoms with Crippen LogP contribution in [0.4, 0.5) is 11.4 Å². The highest BCUT2D eigenvalue weighted by molar-refractivity contribution is 6.22. The molecule has 0 fully saturated rings. The number of nitrogens with zero attached hydrogens (tertiary/aromatic N) is 6. The van der Waals surface area contributed by atoms with Gasteiger partial charge < -0.3 is 0 Å². The zero-order valence-corrected chi connectivity index (χ0v) is 10.1. The van der Waals surface area contributed by atoms with Crippen molar-refractivity contribution >= 4 is 17.2 Å². The molecule has 0 N–H and O–H groups in total. The number of hydrogen-bond acceptors (Lipinski definition) is 3. The molecule has 0 bridgehead atoms. The summed E-state index contributed by atoms with van der Waals surface area (Å²) in [6.45, 7) is 0. The fourth-order valence-corrected chi connectivity index (χ4v) is 2.28. The number of carbonyl (C=O) groups excluding carboxylic acids is 1. The summed E-state index contributed by atoms with van der Waals surface area (Å²) in [5, 5.41) is 6.98. The first-order valence-corrected chi connectivity index (χ1v) is 5.68. The summed E-state index contributed by atoms with van der Waals surface area (Å²) < 4.78 is 0. The minimum atomic E-state index is -0.167. The fraction of sp³-hybridized carbons (Fsp3) is 0. The van der Waals surface area contributed by atoms with Gasteiger partial charge in [-0.1, -0.05) is 34.5 Å². The van der Waals surface area contributed by atoms with Gasteiger partial charge in [0.25, 0.3) is 0 Å². The van der Waals surface area contributed by atoms with Gasteiger partial charge in [-0.05, 0) is 34.3 Å². The molecule has 0 aliphatic heterocycles. The van der Waals surface area contributed by atoms with E-state index >= 15 is 0 Å². The van der Waals surface area contributed by atoms with Crippen LogP contribution in [0.3, 0.4) is 0 Å². The van der Waals surface area contributed by atoms with Gasteiger partial charge in [-0.3, -0.25) is 4.79 Å². The highest BCUT2D eigenvalue weighted by Gasteiger charge is 2.26. The predicted octanol–water partition coefficient (Wildman–Crippen LogP) is 4.78. The summed E-state index contributed by atoms with van der Waals surface area (Å²) in [6, 6.07) is 9.92. The molecule has 20 heavy (non-hydrogen) atoms. The van der Waals surface area contributed by atoms with Crippen LogP contribution in [-0.2, 0) is 0 Å². The van der Waals surface area contributed by atoms with Crippen molar-refractivity contribution in [3.63, 3.8) is 0 Å². The van der Waals surface area contributed by atoms with E-state index in [1.807, 2.05) is 0 Å². The van der Waals surface area contributed by atoms with Crippen LogP contribution in [0.1, 0.15) is 15.9 Å². The van der Waals surface area contributed by atoms with Crippen LogP contribution in [0.25, 0.3) is 32.0 Å². The monoisotopic (exact) mass is 262 g/mol. The molecule has 1 aliphatic rings. The van der Waals surface area contributed by atoms with Gasteiger partial charge in [-0.25, -0.2) is 0 Å². The third-order valence-corrected chi connectivity index (χ3v) is 3.11. The average Bonchev–Trinajstić information content (AvgIpc) is 2.73. The van der Waals surface area contributed by atoms with E-state index in [0.717, 1.165) is 11.1 Å². The maximum Gasteiger partial charge on any atom is 0.194 e. The molecule has 94 valence electrons. The van der Waals surface area contributed by atoms with Crippen molar-refractivity contribution in [2.45, 2.75) is 0 Å². The van der Waals surface area contributed by atoms with Gasteiger partial charge in [0.1, 0.15) is 0 Å². The second kappa shape index (κ2) is 4.44. The maximum absolute atomic E-state index is 12.3. The van der Waals surface area contributed by atoms with E-state index in [1.165, 1.54) is 0 Å². The molecular formula is C13H6N6O. The van der Waals surface area contributed by atoms with Crippen LogP contribution in [0.2, 0.25) is 0 Å². The molecule has 0 unspecified atom stereocenters. The van der Waals surface area contributed by atoms with Crippen molar-refractivity contribution in [2.24, 2.45) is 10.2 Å². The topological polar surface area (TPSA) is 115 Å². The Morgan fingerprint density at radius 1 is 0.750 bits per heavy atom. The molecule has 0 heterocycles. The number of rotatable bonds is 2. The second-order valence-corrected chi connectivity index (χ2v) is 4.17. The Labute approximate surface area is 112 Å². The normalized spacial score (nSPS) is 11.1. The standard InChI is InChI=1S/C13H6N6O/c14-18-16-7-1-3-9-10-4-2-8(17-19-15)6-12(10)13(20)11(9)5-7/h1-6H. The number of azide groups is 2. The van der Waals surface area contributed by atoms with E-state index in [0.29, 0.717) is 22.5 Å². The third kappa shape index (κ3) is 1.67. The second-order valence-electron chi connectivity index (χ2n) is 4.17. The lowest BCUT2D eigenvalue weighted by Gasteiger charge is -2.00. The Morgan fingerprint density at radius 2 is 1.20 bits per heavy atom. The number of benzene rings is 2. The summed E-state index contributed by atoms with van der Waals surface area (Å²) in [5.74, 6) is -0.167. The van der Waals surface area contributed by atoms with Crippen molar-refractivity contribution in [2.75, 3.05) is 0 Å². The van der Waals surface area contributed by atoms with Gasteiger partial charge in [0.2, 0.25) is 0 Å². The number of fused-ring (bicyclic) bond motifs is 3. The van der Waals surface area contributed by atoms with Gasteiger partial charge in [0, 0.05) is 32.3 Å². The number of carbonyl (C=O) groups is 1. The van der Waals surface area contributed by atoms with Crippen molar-refractivity contribution in [3.8, 4) is 11.1 Å². The molecule has 7 heteroatoms. The van der Waals surface area contributed by atoms with Crippen molar-refractivity contribution in [1.29, 1.82) is 0 Å². The Kier molecular flexibility index (Phi) is 2.62. The minimum absolute atomic E-state index is 0.167. The summed E-state index contributed by atoms with van der Waals surface area (Å²) in [4.78, 5) is 17.7. The van der Waals surface area contributed by atoms with Crippen LogP contribution in [0.5, 0.6) is 0 Å². The Morgan fingerprint density at radius 3 is 1.60 bits per heavy atom. The third-order valence-electron chi connectivity index (χ3n) is 3.11. The molecule has 0 spiro atoms. The lowest BCUT2D eigenvalue weighted by molar-refractivity contribution is 0.104. The Hall–Kier alpha value is -3.27. The molecule has 0 atom stereocenters. The van der Waals surface area contributed by atoms with Gasteiger partial charge in [-0.15, -0.1) is 0 Å². The zero-order chi connectivity index (χ0) is 14.1. The molecule has 0 aromatic heterocycles. The smallest absolute Gasteiger partial charge is 0.194 e. The summed E-state index contributed by atoms with van der Waals surface area (Å²) in [7, 11) is 0. The van der Waals surface area contributed by atoms with E-state index in [2.05, 4.69) is 20.1 Å². The van der Waals surface area contributed by atoms with Crippen LogP contribution in [0.15, 0.2) is 46.6 Å². The summed E-state index contributed by atoms with van der Waals surface area (Å²) in [5.41, 5.74) is 20.2. The minimum Gasteiger partial charge on any atom is -0.289 e. The van der Waals surface area contributed by atoms with Gasteiger partial charge in [-0.2, -0.15) is 0 Å². The van der Waals surface area contributed by atoms with Crippen LogP contribution in [-0.4, -0.2) is 5.78 Å². The first kappa shape index (κ1) is 11.8. The van der Waals surface area contributed by atoms with E-state index in [9.17, 15) is 4.79 Å². The van der Waals surface area contributed by atoms with Gasteiger partial charge in [0.15, 0.2) is 5.78 Å². The van der Waals surface area contributed by atoms with E-state index in [-0.39, 0.29) is 5.78 Å². The molecule has 3 rings (SSSR count). The highest BCUT2D eigenvalue weighted by atomic mass is 16.1. The van der Waals surface area contributed by atoms with Crippen LogP contribution in [0, 0.1) is 0 Å². The van der Waals surface area contributed by atoms with E-state index in [4.69, 9.17) is 11.1 Å². The Bertz CT molecular complexity index is 774. The molecule has 0 saturated heterocycles. The van der Waals surface area contributed by atoms with E-state index in [1.54, 1.807) is 36.4 Å². The molecule has 0 saturated carbocycles. The molecule has 7 nitrogen and oxygen atoms in total. The molecule has 1 aliphatic carbocycles. The molecular weight excluding hydrogens is 256 g/mol. The lowest BCUT2D eigenvalue weighted by atomic mass is 10.1. The molecule has 0 amide bonds. The highest BCUT2D eigenvalue weighted by Crippen LogP contribution is 2.39. The van der Waals surface area contributed by atoms with Gasteiger partial charge >= 0.3 is 0 Å². The quantitative estimate of drug-likeness (QED) is 0.369. The SMILES string of the molecule is [N-]=[N+]=Nc1ccc2c(c1)C(=O)c1cc(N=[N+]=[N-])ccc1-2. The molecule has 2 aromatic rings. The first-order chi connectivity index (χ1) is 9.74.